The summed E-state index contributed by atoms with van der Waals surface area (Å²) in [4.78, 5) is 13.2. The van der Waals surface area contributed by atoms with Crippen LogP contribution in [0.25, 0.3) is 0 Å². The van der Waals surface area contributed by atoms with Gasteiger partial charge in [0.15, 0.2) is 0 Å². The molecule has 1 saturated carbocycles. The van der Waals surface area contributed by atoms with Crippen molar-refractivity contribution in [3.63, 3.8) is 0 Å². The predicted octanol–water partition coefficient (Wildman–Crippen LogP) is 2.80. The highest BCUT2D eigenvalue weighted by Gasteiger charge is 2.27. The van der Waals surface area contributed by atoms with Crippen LogP contribution in [0.2, 0.25) is 0 Å². The first-order chi connectivity index (χ1) is 9.13. The molecule has 104 valence electrons. The van der Waals surface area contributed by atoms with Crippen molar-refractivity contribution in [2.24, 2.45) is 5.73 Å². The van der Waals surface area contributed by atoms with Crippen LogP contribution in [-0.4, -0.2) is 24.2 Å². The number of carbonyl (C=O) groups is 1. The molecule has 19 heavy (non-hydrogen) atoms. The third kappa shape index (κ3) is 3.98. The maximum absolute atomic E-state index is 12.1. The van der Waals surface area contributed by atoms with Crippen LogP contribution in [-0.2, 0) is 0 Å². The molecule has 0 heterocycles. The fourth-order valence-electron chi connectivity index (χ4n) is 2.53. The normalized spacial score (nSPS) is 18.0. The Morgan fingerprint density at radius 1 is 1.26 bits per heavy atom. The number of carbonyl (C=O) groups excluding carboxylic acids is 1. The zero-order chi connectivity index (χ0) is 13.7. The molecular weight excluding hydrogens is 256 g/mol. The third-order valence-electron chi connectivity index (χ3n) is 3.80. The van der Waals surface area contributed by atoms with E-state index in [1.54, 1.807) is 11.8 Å². The molecule has 1 amide bonds. The molecule has 0 saturated heterocycles. The van der Waals surface area contributed by atoms with Gasteiger partial charge < -0.3 is 11.1 Å². The summed E-state index contributed by atoms with van der Waals surface area (Å²) in [6.07, 6.45) is 7.67. The maximum atomic E-state index is 12.1. The zero-order valence-corrected chi connectivity index (χ0v) is 12.3. The van der Waals surface area contributed by atoms with Crippen molar-refractivity contribution < 1.29 is 4.79 Å². The van der Waals surface area contributed by atoms with E-state index in [0.717, 1.165) is 12.8 Å². The van der Waals surface area contributed by atoms with Gasteiger partial charge >= 0.3 is 0 Å². The number of thioether (sulfide) groups is 1. The highest BCUT2D eigenvalue weighted by Crippen LogP contribution is 2.25. The van der Waals surface area contributed by atoms with Gasteiger partial charge in [-0.1, -0.05) is 19.3 Å². The summed E-state index contributed by atoms with van der Waals surface area (Å²) < 4.78 is 0. The molecule has 0 unspecified atom stereocenters. The topological polar surface area (TPSA) is 55.1 Å². The summed E-state index contributed by atoms with van der Waals surface area (Å²) in [5.74, 6) is -0.0250. The highest BCUT2D eigenvalue weighted by atomic mass is 32.2. The molecule has 0 radical (unpaired) electrons. The molecule has 1 aromatic carbocycles. The first kappa shape index (κ1) is 14.4. The molecule has 3 N–H and O–H groups in total. The van der Waals surface area contributed by atoms with E-state index >= 15 is 0 Å². The Kier molecular flexibility index (Phi) is 4.88. The van der Waals surface area contributed by atoms with E-state index in [1.807, 2.05) is 30.5 Å². The Balaban J connectivity index is 1.89. The van der Waals surface area contributed by atoms with Crippen LogP contribution in [0, 0.1) is 0 Å². The highest BCUT2D eigenvalue weighted by molar-refractivity contribution is 7.98. The van der Waals surface area contributed by atoms with Crippen LogP contribution >= 0.6 is 11.8 Å². The van der Waals surface area contributed by atoms with Crippen molar-refractivity contribution in [2.75, 3.05) is 12.8 Å². The Morgan fingerprint density at radius 3 is 2.47 bits per heavy atom. The standard InChI is InChI=1S/C15H22N2OS/c1-19-13-7-5-12(6-8-13)14(18)17-11-15(16)9-3-2-4-10-15/h5-8H,2-4,9-11,16H2,1H3,(H,17,18). The van der Waals surface area contributed by atoms with Crippen LogP contribution in [0.4, 0.5) is 0 Å². The average Bonchev–Trinajstić information content (AvgIpc) is 2.46. The minimum atomic E-state index is -0.201. The lowest BCUT2D eigenvalue weighted by Crippen LogP contribution is -2.51. The van der Waals surface area contributed by atoms with E-state index in [0.29, 0.717) is 12.1 Å². The molecule has 2 rings (SSSR count). The zero-order valence-electron chi connectivity index (χ0n) is 11.4. The van der Waals surface area contributed by atoms with Crippen molar-refractivity contribution in [2.45, 2.75) is 42.5 Å². The van der Waals surface area contributed by atoms with E-state index in [-0.39, 0.29) is 11.4 Å². The summed E-state index contributed by atoms with van der Waals surface area (Å²) in [5, 5.41) is 2.98. The number of nitrogens with two attached hydrogens (primary N) is 1. The van der Waals surface area contributed by atoms with Gasteiger partial charge in [-0.15, -0.1) is 11.8 Å². The quantitative estimate of drug-likeness (QED) is 0.833. The molecule has 0 bridgehead atoms. The second-order valence-electron chi connectivity index (χ2n) is 5.33. The second kappa shape index (κ2) is 6.44. The minimum absolute atomic E-state index is 0.0250. The lowest BCUT2D eigenvalue weighted by molar-refractivity contribution is 0.0937. The lowest BCUT2D eigenvalue weighted by atomic mass is 9.82. The van der Waals surface area contributed by atoms with Gasteiger partial charge in [0.05, 0.1) is 0 Å². The van der Waals surface area contributed by atoms with Crippen molar-refractivity contribution in [3.05, 3.63) is 29.8 Å². The fraction of sp³-hybridized carbons (Fsp3) is 0.533. The van der Waals surface area contributed by atoms with Crippen LogP contribution in [0.1, 0.15) is 42.5 Å². The first-order valence-corrected chi connectivity index (χ1v) is 8.07. The maximum Gasteiger partial charge on any atom is 0.251 e. The van der Waals surface area contributed by atoms with Crippen LogP contribution in [0.15, 0.2) is 29.2 Å². The average molecular weight is 278 g/mol. The van der Waals surface area contributed by atoms with E-state index in [1.165, 1.54) is 24.2 Å². The second-order valence-corrected chi connectivity index (χ2v) is 6.21. The number of nitrogens with one attached hydrogen (secondary N) is 1. The van der Waals surface area contributed by atoms with Gasteiger partial charge in [-0.05, 0) is 43.4 Å². The van der Waals surface area contributed by atoms with E-state index < -0.39 is 0 Å². The van der Waals surface area contributed by atoms with Crippen molar-refractivity contribution in [3.8, 4) is 0 Å². The Bertz CT molecular complexity index is 424. The van der Waals surface area contributed by atoms with Crippen molar-refractivity contribution in [1.29, 1.82) is 0 Å². The number of hydrogen-bond acceptors (Lipinski definition) is 3. The van der Waals surface area contributed by atoms with Gasteiger partial charge in [0.25, 0.3) is 5.91 Å². The summed E-state index contributed by atoms with van der Waals surface area (Å²) in [6.45, 7) is 0.579. The van der Waals surface area contributed by atoms with E-state index in [4.69, 9.17) is 5.73 Å². The van der Waals surface area contributed by atoms with E-state index in [2.05, 4.69) is 5.32 Å². The largest absolute Gasteiger partial charge is 0.350 e. The van der Waals surface area contributed by atoms with Gasteiger partial charge in [-0.25, -0.2) is 0 Å². The first-order valence-electron chi connectivity index (χ1n) is 6.84. The predicted molar refractivity (Wildman–Crippen MR) is 80.6 cm³/mol. The number of amides is 1. The Labute approximate surface area is 119 Å². The monoisotopic (exact) mass is 278 g/mol. The van der Waals surface area contributed by atoms with Crippen molar-refractivity contribution in [1.82, 2.24) is 5.32 Å². The lowest BCUT2D eigenvalue weighted by Gasteiger charge is -2.33. The molecule has 1 aliphatic rings. The summed E-state index contributed by atoms with van der Waals surface area (Å²) >= 11 is 1.67. The van der Waals surface area contributed by atoms with Gasteiger partial charge in [-0.3, -0.25) is 4.79 Å². The molecule has 4 heteroatoms. The Hall–Kier alpha value is -1.00. The SMILES string of the molecule is CSc1ccc(C(=O)NCC2(N)CCCCC2)cc1. The van der Waals surface area contributed by atoms with Crippen LogP contribution < -0.4 is 11.1 Å². The molecule has 1 fully saturated rings. The summed E-state index contributed by atoms with van der Waals surface area (Å²) in [6, 6.07) is 7.67. The van der Waals surface area contributed by atoms with Crippen molar-refractivity contribution >= 4 is 17.7 Å². The number of rotatable bonds is 4. The summed E-state index contributed by atoms with van der Waals surface area (Å²) in [5.41, 5.74) is 6.82. The molecule has 0 spiro atoms. The molecule has 3 nitrogen and oxygen atoms in total. The van der Waals surface area contributed by atoms with E-state index in [9.17, 15) is 4.79 Å². The van der Waals surface area contributed by atoms with Gasteiger partial charge in [0, 0.05) is 22.5 Å². The van der Waals surface area contributed by atoms with Crippen LogP contribution in [0.3, 0.4) is 0 Å². The number of hydrogen-bond donors (Lipinski definition) is 2. The third-order valence-corrected chi connectivity index (χ3v) is 4.55. The number of benzene rings is 1. The smallest absolute Gasteiger partial charge is 0.251 e. The van der Waals surface area contributed by atoms with Gasteiger partial charge in [-0.2, -0.15) is 0 Å². The van der Waals surface area contributed by atoms with Crippen LogP contribution in [0.5, 0.6) is 0 Å². The molecule has 0 atom stereocenters. The van der Waals surface area contributed by atoms with Gasteiger partial charge in [0.2, 0.25) is 0 Å². The minimum Gasteiger partial charge on any atom is -0.350 e. The van der Waals surface area contributed by atoms with Gasteiger partial charge in [0.1, 0.15) is 0 Å². The molecule has 1 aliphatic carbocycles. The summed E-state index contributed by atoms with van der Waals surface area (Å²) in [7, 11) is 0. The molecule has 0 aliphatic heterocycles. The Morgan fingerprint density at radius 2 is 1.89 bits per heavy atom. The fourth-order valence-corrected chi connectivity index (χ4v) is 2.94. The molecule has 0 aromatic heterocycles. The molecular formula is C15H22N2OS. The molecule has 1 aromatic rings.